The van der Waals surface area contributed by atoms with Crippen molar-refractivity contribution in [3.8, 4) is 0 Å². The van der Waals surface area contributed by atoms with Crippen LogP contribution in [0.25, 0.3) is 10.9 Å². The van der Waals surface area contributed by atoms with E-state index in [9.17, 15) is 18.0 Å². The Morgan fingerprint density at radius 3 is 2.43 bits per heavy atom. The van der Waals surface area contributed by atoms with Crippen molar-refractivity contribution in [2.75, 3.05) is 31.1 Å². The van der Waals surface area contributed by atoms with Gasteiger partial charge in [-0.05, 0) is 50.8 Å². The van der Waals surface area contributed by atoms with Gasteiger partial charge in [0.15, 0.2) is 5.69 Å². The number of fused-ring (bicyclic) bond motifs is 1. The van der Waals surface area contributed by atoms with Crippen LogP contribution in [0.5, 0.6) is 0 Å². The molecule has 0 radical (unpaired) electrons. The Bertz CT molecular complexity index is 1280. The molecule has 2 fully saturated rings. The lowest BCUT2D eigenvalue weighted by Gasteiger charge is -2.33. The number of rotatable bonds is 3. The van der Waals surface area contributed by atoms with E-state index in [4.69, 9.17) is 11.6 Å². The Morgan fingerprint density at radius 1 is 1.09 bits per heavy atom. The fourth-order valence-corrected chi connectivity index (χ4v) is 5.20. The first-order chi connectivity index (χ1) is 16.6. The Labute approximate surface area is 204 Å². The fourth-order valence-electron chi connectivity index (χ4n) is 4.99. The number of halogens is 5. The van der Waals surface area contributed by atoms with Crippen molar-refractivity contribution < 1.29 is 22.4 Å². The highest BCUT2D eigenvalue weighted by Gasteiger charge is 2.36. The minimum atomic E-state index is -4.63. The van der Waals surface area contributed by atoms with Gasteiger partial charge in [0.05, 0.1) is 27.8 Å². The Kier molecular flexibility index (Phi) is 6.11. The van der Waals surface area contributed by atoms with E-state index >= 15 is 4.39 Å². The standard InChI is InChI=1S/C24H24ClF4N5O/c1-14-16-12-17(23(35)33-8-2-3-9-33)19(26)13-20(16)34(31-14)15-6-10-32(11-7-15)21-5-4-18(25)22(30-21)24(27,28)29/h4-5,12-13,15H,2-3,6-11H2,1H3. The molecule has 0 saturated carbocycles. The van der Waals surface area contributed by atoms with Gasteiger partial charge in [0.25, 0.3) is 5.91 Å². The zero-order valence-electron chi connectivity index (χ0n) is 19.1. The van der Waals surface area contributed by atoms with Crippen molar-refractivity contribution in [1.29, 1.82) is 0 Å². The Hall–Kier alpha value is -2.88. The predicted octanol–water partition coefficient (Wildman–Crippen LogP) is 5.63. The molecule has 0 unspecified atom stereocenters. The van der Waals surface area contributed by atoms with Crippen LogP contribution in [0.4, 0.5) is 23.4 Å². The fraction of sp³-hybridized carbons (Fsp3) is 0.458. The van der Waals surface area contributed by atoms with Gasteiger partial charge in [-0.25, -0.2) is 9.37 Å². The van der Waals surface area contributed by atoms with Crippen molar-refractivity contribution in [3.05, 3.63) is 52.1 Å². The van der Waals surface area contributed by atoms with Gasteiger partial charge in [-0.1, -0.05) is 11.6 Å². The van der Waals surface area contributed by atoms with E-state index in [1.54, 1.807) is 20.5 Å². The topological polar surface area (TPSA) is 54.3 Å². The van der Waals surface area contributed by atoms with Crippen LogP contribution in [0.2, 0.25) is 5.02 Å². The molecule has 11 heteroatoms. The number of amides is 1. The maximum absolute atomic E-state index is 15.0. The molecule has 0 spiro atoms. The highest BCUT2D eigenvalue weighted by molar-refractivity contribution is 6.31. The molecule has 2 aliphatic heterocycles. The first-order valence-corrected chi connectivity index (χ1v) is 12.0. The molecule has 0 atom stereocenters. The van der Waals surface area contributed by atoms with E-state index in [1.165, 1.54) is 18.2 Å². The van der Waals surface area contributed by atoms with E-state index in [1.807, 2.05) is 6.92 Å². The summed E-state index contributed by atoms with van der Waals surface area (Å²) in [6.45, 7) is 4.03. The second-order valence-electron chi connectivity index (χ2n) is 9.09. The third-order valence-electron chi connectivity index (χ3n) is 6.84. The van der Waals surface area contributed by atoms with Crippen molar-refractivity contribution >= 4 is 34.2 Å². The van der Waals surface area contributed by atoms with Gasteiger partial charge >= 0.3 is 6.18 Å². The molecule has 6 nitrogen and oxygen atoms in total. The molecule has 3 aromatic rings. The molecular weight excluding hydrogens is 486 g/mol. The van der Waals surface area contributed by atoms with Crippen LogP contribution in [0.1, 0.15) is 53.5 Å². The lowest BCUT2D eigenvalue weighted by molar-refractivity contribution is -0.141. The molecule has 4 heterocycles. The van der Waals surface area contributed by atoms with E-state index < -0.39 is 22.7 Å². The minimum absolute atomic E-state index is 0.0589. The SMILES string of the molecule is Cc1nn(C2CCN(c3ccc(Cl)c(C(F)(F)F)n3)CC2)c2cc(F)c(C(=O)N3CCCC3)cc12. The number of hydrogen-bond acceptors (Lipinski definition) is 4. The first-order valence-electron chi connectivity index (χ1n) is 11.6. The van der Waals surface area contributed by atoms with E-state index in [0.717, 1.165) is 18.2 Å². The Morgan fingerprint density at radius 2 is 1.77 bits per heavy atom. The molecule has 35 heavy (non-hydrogen) atoms. The molecule has 1 amide bonds. The summed E-state index contributed by atoms with van der Waals surface area (Å²) in [7, 11) is 0. The third kappa shape index (κ3) is 4.44. The largest absolute Gasteiger partial charge is 0.434 e. The number of aromatic nitrogens is 3. The van der Waals surface area contributed by atoms with Crippen LogP contribution >= 0.6 is 11.6 Å². The zero-order valence-corrected chi connectivity index (χ0v) is 19.8. The average molecular weight is 510 g/mol. The quantitative estimate of drug-likeness (QED) is 0.429. The molecule has 2 aromatic heterocycles. The second kappa shape index (κ2) is 8.96. The number of benzene rings is 1. The molecule has 2 saturated heterocycles. The zero-order chi connectivity index (χ0) is 24.9. The Balaban J connectivity index is 1.37. The summed E-state index contributed by atoms with van der Waals surface area (Å²) in [4.78, 5) is 20.0. The predicted molar refractivity (Wildman–Crippen MR) is 124 cm³/mol. The van der Waals surface area contributed by atoms with Crippen molar-refractivity contribution in [2.24, 2.45) is 0 Å². The minimum Gasteiger partial charge on any atom is -0.356 e. The number of pyridine rings is 1. The number of carbonyl (C=O) groups excluding carboxylic acids is 1. The molecule has 0 aliphatic carbocycles. The summed E-state index contributed by atoms with van der Waals surface area (Å²) in [5.74, 6) is -0.646. The summed E-state index contributed by atoms with van der Waals surface area (Å²) in [6.07, 6.45) is -1.59. The molecule has 0 bridgehead atoms. The van der Waals surface area contributed by atoms with Crippen LogP contribution in [-0.2, 0) is 6.18 Å². The number of alkyl halides is 3. The van der Waals surface area contributed by atoms with E-state index in [0.29, 0.717) is 50.2 Å². The molecule has 5 rings (SSSR count). The van der Waals surface area contributed by atoms with Crippen molar-refractivity contribution in [3.63, 3.8) is 0 Å². The second-order valence-corrected chi connectivity index (χ2v) is 9.50. The van der Waals surface area contributed by atoms with Crippen LogP contribution in [0.15, 0.2) is 24.3 Å². The smallest absolute Gasteiger partial charge is 0.356 e. The number of carbonyl (C=O) groups is 1. The molecule has 1 aromatic carbocycles. The molecule has 186 valence electrons. The number of aryl methyl sites for hydroxylation is 1. The summed E-state index contributed by atoms with van der Waals surface area (Å²) in [5, 5.41) is 4.93. The van der Waals surface area contributed by atoms with Crippen LogP contribution in [0, 0.1) is 12.7 Å². The number of anilines is 1. The molecular formula is C24H24ClF4N5O. The molecule has 0 N–H and O–H groups in total. The van der Waals surface area contributed by atoms with Gasteiger partial charge in [-0.2, -0.15) is 18.3 Å². The highest BCUT2D eigenvalue weighted by atomic mass is 35.5. The van der Waals surface area contributed by atoms with Gasteiger partial charge in [0, 0.05) is 37.6 Å². The lowest BCUT2D eigenvalue weighted by Crippen LogP contribution is -2.35. The van der Waals surface area contributed by atoms with Crippen molar-refractivity contribution in [2.45, 2.75) is 44.8 Å². The van der Waals surface area contributed by atoms with E-state index in [2.05, 4.69) is 10.1 Å². The normalized spacial score (nSPS) is 17.5. The number of piperidine rings is 1. The van der Waals surface area contributed by atoms with Gasteiger partial charge in [0.1, 0.15) is 11.6 Å². The van der Waals surface area contributed by atoms with E-state index in [-0.39, 0.29) is 23.3 Å². The number of likely N-dealkylation sites (tertiary alicyclic amines) is 1. The average Bonchev–Trinajstić information content (AvgIpc) is 3.46. The summed E-state index contributed by atoms with van der Waals surface area (Å²) in [5.41, 5.74) is 0.279. The maximum atomic E-state index is 15.0. The lowest BCUT2D eigenvalue weighted by atomic mass is 10.0. The highest BCUT2D eigenvalue weighted by Crippen LogP contribution is 2.36. The third-order valence-corrected chi connectivity index (χ3v) is 7.14. The number of hydrogen-bond donors (Lipinski definition) is 0. The van der Waals surface area contributed by atoms with Crippen LogP contribution < -0.4 is 4.90 Å². The summed E-state index contributed by atoms with van der Waals surface area (Å²) in [6, 6.07) is 5.61. The van der Waals surface area contributed by atoms with Gasteiger partial charge < -0.3 is 9.80 Å². The maximum Gasteiger partial charge on any atom is 0.434 e. The number of nitrogens with zero attached hydrogens (tertiary/aromatic N) is 5. The summed E-state index contributed by atoms with van der Waals surface area (Å²) >= 11 is 5.69. The van der Waals surface area contributed by atoms with Gasteiger partial charge in [0.2, 0.25) is 0 Å². The van der Waals surface area contributed by atoms with Gasteiger partial charge in [-0.3, -0.25) is 9.48 Å². The monoisotopic (exact) mass is 509 g/mol. The van der Waals surface area contributed by atoms with Gasteiger partial charge in [-0.15, -0.1) is 0 Å². The molecule has 2 aliphatic rings. The van der Waals surface area contributed by atoms with Crippen LogP contribution in [-0.4, -0.2) is 51.8 Å². The first kappa shape index (κ1) is 23.8. The van der Waals surface area contributed by atoms with Crippen molar-refractivity contribution in [1.82, 2.24) is 19.7 Å². The summed E-state index contributed by atoms with van der Waals surface area (Å²) < 4.78 is 56.4. The van der Waals surface area contributed by atoms with Crippen LogP contribution in [0.3, 0.4) is 0 Å².